The number of benzene rings is 1. The summed E-state index contributed by atoms with van der Waals surface area (Å²) in [7, 11) is 0. The van der Waals surface area contributed by atoms with Crippen molar-refractivity contribution in [1.82, 2.24) is 4.90 Å². The molecule has 2 amide bonds. The molecular formula is C14H18N2O3S. The Morgan fingerprint density at radius 2 is 2.20 bits per heavy atom. The molecule has 20 heavy (non-hydrogen) atoms. The summed E-state index contributed by atoms with van der Waals surface area (Å²) in [5.74, 6) is -0.240. The van der Waals surface area contributed by atoms with Crippen LogP contribution in [0.15, 0.2) is 29.2 Å². The number of aliphatic hydroxyl groups excluding tert-OH is 1. The van der Waals surface area contributed by atoms with Crippen LogP contribution in [-0.2, 0) is 9.59 Å². The van der Waals surface area contributed by atoms with Crippen molar-refractivity contribution in [2.24, 2.45) is 0 Å². The van der Waals surface area contributed by atoms with Gasteiger partial charge in [-0.3, -0.25) is 9.59 Å². The van der Waals surface area contributed by atoms with Gasteiger partial charge in [0.2, 0.25) is 11.8 Å². The van der Waals surface area contributed by atoms with Crippen molar-refractivity contribution in [3.8, 4) is 0 Å². The van der Waals surface area contributed by atoms with Gasteiger partial charge >= 0.3 is 0 Å². The molecule has 6 heteroatoms. The first-order valence-electron chi connectivity index (χ1n) is 6.61. The summed E-state index contributed by atoms with van der Waals surface area (Å²) < 4.78 is 0. The van der Waals surface area contributed by atoms with E-state index in [1.165, 1.54) is 11.8 Å². The Morgan fingerprint density at radius 3 is 2.90 bits per heavy atom. The van der Waals surface area contributed by atoms with Crippen LogP contribution in [0, 0.1) is 0 Å². The van der Waals surface area contributed by atoms with Gasteiger partial charge in [-0.05, 0) is 19.1 Å². The molecule has 1 aromatic rings. The lowest BCUT2D eigenvalue weighted by atomic mass is 10.2. The molecule has 108 valence electrons. The smallest absolute Gasteiger partial charge is 0.238 e. The molecule has 1 heterocycles. The number of nitrogens with zero attached hydrogens (tertiary/aromatic N) is 1. The fourth-order valence-electron chi connectivity index (χ4n) is 2.09. The number of rotatable bonds is 5. The Morgan fingerprint density at radius 1 is 1.45 bits per heavy atom. The Balaban J connectivity index is 2.04. The first kappa shape index (κ1) is 14.9. The van der Waals surface area contributed by atoms with Crippen LogP contribution in [0.4, 0.5) is 5.69 Å². The molecule has 1 aliphatic rings. The highest BCUT2D eigenvalue weighted by molar-refractivity contribution is 8.01. The van der Waals surface area contributed by atoms with E-state index in [-0.39, 0.29) is 24.8 Å². The van der Waals surface area contributed by atoms with E-state index in [1.54, 1.807) is 4.90 Å². The van der Waals surface area contributed by atoms with Crippen LogP contribution in [0.25, 0.3) is 0 Å². The number of thioether (sulfide) groups is 1. The van der Waals surface area contributed by atoms with E-state index in [1.807, 2.05) is 31.2 Å². The van der Waals surface area contributed by atoms with E-state index in [4.69, 9.17) is 5.11 Å². The molecule has 5 nitrogen and oxygen atoms in total. The highest BCUT2D eigenvalue weighted by Gasteiger charge is 2.29. The number of fused-ring (bicyclic) bond motifs is 1. The zero-order valence-corrected chi connectivity index (χ0v) is 12.2. The molecule has 0 spiro atoms. The van der Waals surface area contributed by atoms with E-state index in [9.17, 15) is 9.59 Å². The third-order valence-corrected chi connectivity index (χ3v) is 4.45. The van der Waals surface area contributed by atoms with E-state index in [0.29, 0.717) is 13.1 Å². The number of likely N-dealkylation sites (N-methyl/N-ethyl adjacent to an activating group) is 1. The van der Waals surface area contributed by atoms with Crippen LogP contribution < -0.4 is 5.32 Å². The molecule has 1 aliphatic heterocycles. The van der Waals surface area contributed by atoms with Gasteiger partial charge in [0.1, 0.15) is 0 Å². The highest BCUT2D eigenvalue weighted by Crippen LogP contribution is 2.36. The van der Waals surface area contributed by atoms with E-state index >= 15 is 0 Å². The molecular weight excluding hydrogens is 276 g/mol. The van der Waals surface area contributed by atoms with Crippen molar-refractivity contribution in [1.29, 1.82) is 0 Å². The molecule has 0 saturated carbocycles. The van der Waals surface area contributed by atoms with Gasteiger partial charge in [-0.2, -0.15) is 0 Å². The quantitative estimate of drug-likeness (QED) is 0.859. The number of nitrogens with one attached hydrogen (secondary N) is 1. The van der Waals surface area contributed by atoms with Crippen molar-refractivity contribution in [3.05, 3.63) is 24.3 Å². The van der Waals surface area contributed by atoms with Gasteiger partial charge in [-0.25, -0.2) is 0 Å². The van der Waals surface area contributed by atoms with Crippen LogP contribution in [0.5, 0.6) is 0 Å². The lowest BCUT2D eigenvalue weighted by Crippen LogP contribution is -2.38. The second kappa shape index (κ2) is 6.76. The fourth-order valence-corrected chi connectivity index (χ4v) is 3.20. The van der Waals surface area contributed by atoms with E-state index in [2.05, 4.69) is 5.32 Å². The van der Waals surface area contributed by atoms with Crippen molar-refractivity contribution in [2.45, 2.75) is 23.5 Å². The minimum absolute atomic E-state index is 0.0631. The molecule has 1 atom stereocenters. The predicted octanol–water partition coefficient (Wildman–Crippen LogP) is 1.33. The summed E-state index contributed by atoms with van der Waals surface area (Å²) in [6.07, 6.45) is 0.151. The molecule has 0 fully saturated rings. The lowest BCUT2D eigenvalue weighted by Gasteiger charge is -2.26. The van der Waals surface area contributed by atoms with Crippen LogP contribution in [-0.4, -0.2) is 46.8 Å². The molecule has 0 bridgehead atoms. The summed E-state index contributed by atoms with van der Waals surface area (Å²) in [5.41, 5.74) is 0.800. The van der Waals surface area contributed by atoms with Crippen LogP contribution in [0.2, 0.25) is 0 Å². The summed E-state index contributed by atoms with van der Waals surface area (Å²) in [5, 5.41) is 11.3. The molecule has 2 rings (SSSR count). The van der Waals surface area contributed by atoms with Gasteiger partial charge in [-0.1, -0.05) is 12.1 Å². The van der Waals surface area contributed by atoms with Gasteiger partial charge < -0.3 is 15.3 Å². The second-order valence-electron chi connectivity index (χ2n) is 4.49. The molecule has 0 aliphatic carbocycles. The summed E-state index contributed by atoms with van der Waals surface area (Å²) >= 11 is 1.42. The molecule has 2 N–H and O–H groups in total. The molecule has 1 unspecified atom stereocenters. The van der Waals surface area contributed by atoms with Crippen LogP contribution in [0.1, 0.15) is 13.3 Å². The maximum atomic E-state index is 12.1. The van der Waals surface area contributed by atoms with E-state index < -0.39 is 5.25 Å². The summed E-state index contributed by atoms with van der Waals surface area (Å²) in [6, 6.07) is 7.56. The Labute approximate surface area is 122 Å². The normalized spacial score (nSPS) is 17.3. The SMILES string of the molecule is CCN(CCO)C(=O)CC1Sc2ccccc2NC1=O. The maximum Gasteiger partial charge on any atom is 0.238 e. The number of hydrogen-bond acceptors (Lipinski definition) is 4. The Kier molecular flexibility index (Phi) is 5.03. The number of amides is 2. The zero-order chi connectivity index (χ0) is 14.5. The van der Waals surface area contributed by atoms with Crippen molar-refractivity contribution in [2.75, 3.05) is 25.0 Å². The maximum absolute atomic E-state index is 12.1. The molecule has 1 aromatic carbocycles. The Hall–Kier alpha value is -1.53. The highest BCUT2D eigenvalue weighted by atomic mass is 32.2. The van der Waals surface area contributed by atoms with Gasteiger partial charge in [0, 0.05) is 24.4 Å². The third kappa shape index (κ3) is 3.32. The minimum atomic E-state index is -0.412. The Bertz CT molecular complexity index is 507. The zero-order valence-electron chi connectivity index (χ0n) is 11.3. The van der Waals surface area contributed by atoms with Crippen molar-refractivity contribution in [3.63, 3.8) is 0 Å². The second-order valence-corrected chi connectivity index (χ2v) is 5.74. The first-order chi connectivity index (χ1) is 9.65. The molecule has 0 aromatic heterocycles. The van der Waals surface area contributed by atoms with Gasteiger partial charge in [0.05, 0.1) is 17.5 Å². The minimum Gasteiger partial charge on any atom is -0.395 e. The lowest BCUT2D eigenvalue weighted by molar-refractivity contribution is -0.132. The standard InChI is InChI=1S/C14H18N2O3S/c1-2-16(7-8-17)13(18)9-12-14(19)15-10-5-3-4-6-11(10)20-12/h3-6,12,17H,2,7-9H2,1H3,(H,15,19). The number of carbonyl (C=O) groups is 2. The fraction of sp³-hybridized carbons (Fsp3) is 0.429. The predicted molar refractivity (Wildman–Crippen MR) is 78.7 cm³/mol. The summed E-state index contributed by atoms with van der Waals surface area (Å²) in [4.78, 5) is 26.7. The van der Waals surface area contributed by atoms with Gasteiger partial charge in [0.15, 0.2) is 0 Å². The molecule has 0 saturated heterocycles. The first-order valence-corrected chi connectivity index (χ1v) is 7.48. The average molecular weight is 294 g/mol. The third-order valence-electron chi connectivity index (χ3n) is 3.17. The number of aliphatic hydroxyl groups is 1. The number of anilines is 1. The monoisotopic (exact) mass is 294 g/mol. The van der Waals surface area contributed by atoms with E-state index in [0.717, 1.165) is 10.6 Å². The molecule has 0 radical (unpaired) electrons. The topological polar surface area (TPSA) is 69.6 Å². The van der Waals surface area contributed by atoms with Crippen molar-refractivity contribution >= 4 is 29.3 Å². The largest absolute Gasteiger partial charge is 0.395 e. The van der Waals surface area contributed by atoms with Gasteiger partial charge in [-0.15, -0.1) is 11.8 Å². The number of carbonyl (C=O) groups excluding carboxylic acids is 2. The number of hydrogen-bond donors (Lipinski definition) is 2. The average Bonchev–Trinajstić information content (AvgIpc) is 2.45. The van der Waals surface area contributed by atoms with Crippen molar-refractivity contribution < 1.29 is 14.7 Å². The summed E-state index contributed by atoms with van der Waals surface area (Å²) in [6.45, 7) is 2.64. The van der Waals surface area contributed by atoms with Crippen LogP contribution >= 0.6 is 11.8 Å². The van der Waals surface area contributed by atoms with Gasteiger partial charge in [0.25, 0.3) is 0 Å². The van der Waals surface area contributed by atoms with Crippen LogP contribution in [0.3, 0.4) is 0 Å². The number of para-hydroxylation sites is 1.